The number of carbonyl (C=O) groups is 2. The van der Waals surface area contributed by atoms with Gasteiger partial charge in [0.05, 0.1) is 17.3 Å². The van der Waals surface area contributed by atoms with E-state index in [1.54, 1.807) is 32.6 Å². The molecule has 0 bridgehead atoms. The summed E-state index contributed by atoms with van der Waals surface area (Å²) in [5.74, 6) is -0.341. The van der Waals surface area contributed by atoms with Crippen LogP contribution >= 0.6 is 0 Å². The van der Waals surface area contributed by atoms with Crippen LogP contribution in [0.1, 0.15) is 17.2 Å². The van der Waals surface area contributed by atoms with Crippen LogP contribution in [-0.4, -0.2) is 28.5 Å². The van der Waals surface area contributed by atoms with Gasteiger partial charge in [-0.15, -0.1) is 0 Å². The standard InChI is InChI=1S/C23H22N4O3/c1-14-9-10-17-16(11-12-26(2)22(17)29)19(14)24-21(28)18-13-27(3)23(30)25-20(18)15-7-5-4-6-8-15/h4-13,20H,1-3H3,(H,24,28)(H,25,30)/t20-/m1/s1. The predicted octanol–water partition coefficient (Wildman–Crippen LogP) is 3.07. The Balaban J connectivity index is 1.76. The van der Waals surface area contributed by atoms with Crippen molar-refractivity contribution in [3.05, 3.63) is 88.0 Å². The molecule has 3 amide bonds. The number of aromatic nitrogens is 1. The molecule has 0 saturated carbocycles. The van der Waals surface area contributed by atoms with Gasteiger partial charge in [0, 0.05) is 37.3 Å². The lowest BCUT2D eigenvalue weighted by molar-refractivity contribution is -0.113. The summed E-state index contributed by atoms with van der Waals surface area (Å²) in [5.41, 5.74) is 2.51. The van der Waals surface area contributed by atoms with E-state index < -0.39 is 6.04 Å². The molecule has 7 nitrogen and oxygen atoms in total. The van der Waals surface area contributed by atoms with Crippen molar-refractivity contribution in [2.75, 3.05) is 12.4 Å². The van der Waals surface area contributed by atoms with Crippen LogP contribution in [0.15, 0.2) is 71.3 Å². The fourth-order valence-electron chi connectivity index (χ4n) is 3.63. The molecule has 4 rings (SSSR count). The second-order valence-electron chi connectivity index (χ2n) is 7.39. The Kier molecular flexibility index (Phi) is 4.87. The van der Waals surface area contributed by atoms with Gasteiger partial charge in [0.2, 0.25) is 0 Å². The van der Waals surface area contributed by atoms with Crippen molar-refractivity contribution in [3.63, 3.8) is 0 Å². The van der Waals surface area contributed by atoms with Crippen LogP contribution in [0.3, 0.4) is 0 Å². The summed E-state index contributed by atoms with van der Waals surface area (Å²) in [4.78, 5) is 39.3. The molecule has 2 heterocycles. The normalized spacial score (nSPS) is 16.2. The first-order valence-electron chi connectivity index (χ1n) is 9.57. The largest absolute Gasteiger partial charge is 0.327 e. The van der Waals surface area contributed by atoms with Crippen LogP contribution in [0.25, 0.3) is 10.8 Å². The monoisotopic (exact) mass is 402 g/mol. The minimum atomic E-state index is -0.571. The number of nitrogens with one attached hydrogen (secondary N) is 2. The van der Waals surface area contributed by atoms with E-state index in [0.717, 1.165) is 11.1 Å². The number of hydrogen-bond acceptors (Lipinski definition) is 3. The van der Waals surface area contributed by atoms with Crippen LogP contribution in [-0.2, 0) is 11.8 Å². The number of anilines is 1. The van der Waals surface area contributed by atoms with Crippen molar-refractivity contribution in [1.29, 1.82) is 0 Å². The predicted molar refractivity (Wildman–Crippen MR) is 116 cm³/mol. The van der Waals surface area contributed by atoms with Crippen LogP contribution in [0.2, 0.25) is 0 Å². The number of pyridine rings is 1. The first-order valence-corrected chi connectivity index (χ1v) is 9.57. The summed E-state index contributed by atoms with van der Waals surface area (Å²) in [6.07, 6.45) is 3.23. The van der Waals surface area contributed by atoms with E-state index in [9.17, 15) is 14.4 Å². The number of hydrogen-bond donors (Lipinski definition) is 2. The third kappa shape index (κ3) is 3.34. The zero-order chi connectivity index (χ0) is 21.4. The molecule has 0 spiro atoms. The summed E-state index contributed by atoms with van der Waals surface area (Å²) in [6, 6.07) is 13.9. The van der Waals surface area contributed by atoms with E-state index in [0.29, 0.717) is 22.0 Å². The van der Waals surface area contributed by atoms with Gasteiger partial charge < -0.3 is 20.1 Å². The number of amides is 3. The molecule has 1 aromatic heterocycles. The maximum atomic E-state index is 13.3. The van der Waals surface area contributed by atoms with Crippen molar-refractivity contribution in [1.82, 2.24) is 14.8 Å². The summed E-state index contributed by atoms with van der Waals surface area (Å²) < 4.78 is 1.50. The molecule has 0 unspecified atom stereocenters. The van der Waals surface area contributed by atoms with Gasteiger partial charge in [-0.3, -0.25) is 9.59 Å². The van der Waals surface area contributed by atoms with Gasteiger partial charge in [-0.1, -0.05) is 36.4 Å². The fraction of sp³-hybridized carbons (Fsp3) is 0.174. The van der Waals surface area contributed by atoms with Gasteiger partial charge in [-0.05, 0) is 30.2 Å². The SMILES string of the molecule is Cc1ccc2c(=O)n(C)ccc2c1NC(=O)C1=CN(C)C(=O)N[C@@H]1c1ccccc1. The van der Waals surface area contributed by atoms with Crippen molar-refractivity contribution in [2.45, 2.75) is 13.0 Å². The molecule has 2 N–H and O–H groups in total. The summed E-state index contributed by atoms with van der Waals surface area (Å²) in [7, 11) is 3.28. The third-order valence-corrected chi connectivity index (χ3v) is 5.33. The summed E-state index contributed by atoms with van der Waals surface area (Å²) in [5, 5.41) is 7.05. The van der Waals surface area contributed by atoms with E-state index in [-0.39, 0.29) is 17.5 Å². The highest BCUT2D eigenvalue weighted by Gasteiger charge is 2.30. The lowest BCUT2D eigenvalue weighted by Gasteiger charge is -2.30. The van der Waals surface area contributed by atoms with Crippen LogP contribution < -0.4 is 16.2 Å². The minimum Gasteiger partial charge on any atom is -0.327 e. The lowest BCUT2D eigenvalue weighted by Crippen LogP contribution is -2.44. The van der Waals surface area contributed by atoms with Gasteiger partial charge in [-0.25, -0.2) is 4.79 Å². The fourth-order valence-corrected chi connectivity index (χ4v) is 3.63. The van der Waals surface area contributed by atoms with E-state index in [1.807, 2.05) is 49.4 Å². The van der Waals surface area contributed by atoms with E-state index in [4.69, 9.17) is 0 Å². The molecule has 0 aliphatic carbocycles. The van der Waals surface area contributed by atoms with E-state index in [1.165, 1.54) is 9.47 Å². The first-order chi connectivity index (χ1) is 14.4. The Bertz CT molecular complexity index is 1240. The number of benzene rings is 2. The third-order valence-electron chi connectivity index (χ3n) is 5.33. The molecule has 1 atom stereocenters. The molecule has 7 heteroatoms. The van der Waals surface area contributed by atoms with Gasteiger partial charge in [0.1, 0.15) is 0 Å². The number of urea groups is 1. The Morgan fingerprint density at radius 3 is 2.47 bits per heavy atom. The smallest absolute Gasteiger partial charge is 0.321 e. The van der Waals surface area contributed by atoms with Gasteiger partial charge in [0.25, 0.3) is 11.5 Å². The molecular weight excluding hydrogens is 380 g/mol. The molecule has 152 valence electrons. The number of rotatable bonds is 3. The van der Waals surface area contributed by atoms with Gasteiger partial charge in [0.15, 0.2) is 0 Å². The van der Waals surface area contributed by atoms with Crippen molar-refractivity contribution in [3.8, 4) is 0 Å². The molecule has 2 aromatic carbocycles. The highest BCUT2D eigenvalue weighted by Crippen LogP contribution is 2.30. The molecule has 0 radical (unpaired) electrons. The zero-order valence-corrected chi connectivity index (χ0v) is 17.0. The Labute approximate surface area is 173 Å². The Morgan fingerprint density at radius 1 is 1.00 bits per heavy atom. The second-order valence-corrected chi connectivity index (χ2v) is 7.39. The zero-order valence-electron chi connectivity index (χ0n) is 17.0. The van der Waals surface area contributed by atoms with E-state index in [2.05, 4.69) is 10.6 Å². The van der Waals surface area contributed by atoms with Crippen molar-refractivity contribution in [2.24, 2.45) is 7.05 Å². The first kappa shape index (κ1) is 19.4. The van der Waals surface area contributed by atoms with Crippen molar-refractivity contribution >= 4 is 28.4 Å². The highest BCUT2D eigenvalue weighted by atomic mass is 16.2. The lowest BCUT2D eigenvalue weighted by atomic mass is 9.96. The Hall–Kier alpha value is -3.87. The summed E-state index contributed by atoms with van der Waals surface area (Å²) >= 11 is 0. The van der Waals surface area contributed by atoms with Crippen molar-refractivity contribution < 1.29 is 9.59 Å². The molecule has 0 fully saturated rings. The van der Waals surface area contributed by atoms with Gasteiger partial charge in [-0.2, -0.15) is 0 Å². The maximum Gasteiger partial charge on any atom is 0.321 e. The minimum absolute atomic E-state index is 0.131. The number of fused-ring (bicyclic) bond motifs is 1. The number of carbonyl (C=O) groups excluding carboxylic acids is 2. The highest BCUT2D eigenvalue weighted by molar-refractivity contribution is 6.10. The number of aryl methyl sites for hydroxylation is 2. The van der Waals surface area contributed by atoms with Crippen LogP contribution in [0, 0.1) is 6.92 Å². The molecule has 1 aliphatic heterocycles. The maximum absolute atomic E-state index is 13.3. The molecule has 1 aliphatic rings. The summed E-state index contributed by atoms with van der Waals surface area (Å²) in [6.45, 7) is 1.88. The molecular formula is C23H22N4O3. The van der Waals surface area contributed by atoms with E-state index >= 15 is 0 Å². The Morgan fingerprint density at radius 2 is 1.73 bits per heavy atom. The average molecular weight is 402 g/mol. The topological polar surface area (TPSA) is 83.4 Å². The second kappa shape index (κ2) is 7.51. The van der Waals surface area contributed by atoms with Gasteiger partial charge >= 0.3 is 6.03 Å². The van der Waals surface area contributed by atoms with Crippen LogP contribution in [0.4, 0.5) is 10.5 Å². The molecule has 0 saturated heterocycles. The van der Waals surface area contributed by atoms with Crippen LogP contribution in [0.5, 0.6) is 0 Å². The number of nitrogens with zero attached hydrogens (tertiary/aromatic N) is 2. The quantitative estimate of drug-likeness (QED) is 0.706. The average Bonchev–Trinajstić information content (AvgIpc) is 2.74. The molecule has 30 heavy (non-hydrogen) atoms. The molecule has 3 aromatic rings.